The molecule has 0 aliphatic rings. The quantitative estimate of drug-likeness (QED) is 0.651. The predicted octanol–water partition coefficient (Wildman–Crippen LogP) is 4.03. The number of benzene rings is 2. The fourth-order valence-corrected chi connectivity index (χ4v) is 2.19. The highest BCUT2D eigenvalue weighted by Gasteiger charge is 2.08. The topological polar surface area (TPSA) is 29.1 Å². The molecule has 0 heterocycles. The zero-order valence-electron chi connectivity index (χ0n) is 10.4. The fraction of sp³-hybridized carbons (Fsp3) is 0.133. The molecule has 0 unspecified atom stereocenters. The van der Waals surface area contributed by atoms with Crippen molar-refractivity contribution < 1.29 is 9.18 Å². The van der Waals surface area contributed by atoms with Gasteiger partial charge in [-0.2, -0.15) is 0 Å². The van der Waals surface area contributed by atoms with E-state index in [4.69, 9.17) is 0 Å². The normalized spacial score (nSPS) is 10.3. The van der Waals surface area contributed by atoms with Gasteiger partial charge < -0.3 is 5.32 Å². The molecule has 0 atom stereocenters. The molecule has 0 radical (unpaired) electrons. The third kappa shape index (κ3) is 3.76. The molecule has 0 saturated carbocycles. The lowest BCUT2D eigenvalue weighted by Crippen LogP contribution is -2.14. The molecule has 4 heteroatoms. The lowest BCUT2D eigenvalue weighted by atomic mass is 10.1. The maximum absolute atomic E-state index is 13.4. The van der Waals surface area contributed by atoms with E-state index in [0.717, 1.165) is 9.26 Å². The molecule has 2 rings (SSSR count). The third-order valence-electron chi connectivity index (χ3n) is 2.77. The molecular weight excluding hydrogens is 356 g/mol. The van der Waals surface area contributed by atoms with Gasteiger partial charge in [0, 0.05) is 14.8 Å². The van der Waals surface area contributed by atoms with Crippen LogP contribution >= 0.6 is 22.6 Å². The Balaban J connectivity index is 2.03. The van der Waals surface area contributed by atoms with Gasteiger partial charge in [-0.25, -0.2) is 4.39 Å². The van der Waals surface area contributed by atoms with Crippen LogP contribution in [-0.2, 0) is 0 Å². The minimum Gasteiger partial charge on any atom is -0.378 e. The van der Waals surface area contributed by atoms with Crippen LogP contribution in [0.1, 0.15) is 15.9 Å². The van der Waals surface area contributed by atoms with Crippen molar-refractivity contribution in [2.75, 3.05) is 11.9 Å². The van der Waals surface area contributed by atoms with Crippen molar-refractivity contribution in [2.45, 2.75) is 6.92 Å². The second-order valence-electron chi connectivity index (χ2n) is 4.25. The first-order chi connectivity index (χ1) is 9.06. The first-order valence-corrected chi connectivity index (χ1v) is 6.93. The van der Waals surface area contributed by atoms with E-state index in [2.05, 4.69) is 27.9 Å². The van der Waals surface area contributed by atoms with Crippen LogP contribution < -0.4 is 5.32 Å². The van der Waals surface area contributed by atoms with Gasteiger partial charge in [-0.05, 0) is 59.3 Å². The zero-order chi connectivity index (χ0) is 13.8. The highest BCUT2D eigenvalue weighted by atomic mass is 127. The van der Waals surface area contributed by atoms with E-state index >= 15 is 0 Å². The highest BCUT2D eigenvalue weighted by Crippen LogP contribution is 2.13. The molecule has 19 heavy (non-hydrogen) atoms. The van der Waals surface area contributed by atoms with Gasteiger partial charge in [-0.15, -0.1) is 0 Å². The second kappa shape index (κ2) is 6.14. The summed E-state index contributed by atoms with van der Waals surface area (Å²) in [5.41, 5.74) is 1.82. The molecule has 0 saturated heterocycles. The van der Waals surface area contributed by atoms with Crippen molar-refractivity contribution in [3.05, 3.63) is 63.0 Å². The average molecular weight is 369 g/mol. The Morgan fingerprint density at radius 2 is 2.05 bits per heavy atom. The number of nitrogens with one attached hydrogen (secondary N) is 1. The maximum atomic E-state index is 13.4. The molecule has 0 bridgehead atoms. The van der Waals surface area contributed by atoms with Gasteiger partial charge in [0.25, 0.3) is 0 Å². The molecule has 1 N–H and O–H groups in total. The monoisotopic (exact) mass is 369 g/mol. The molecule has 0 aliphatic carbocycles. The van der Waals surface area contributed by atoms with Crippen LogP contribution in [0.4, 0.5) is 10.1 Å². The van der Waals surface area contributed by atoms with Crippen LogP contribution in [0.2, 0.25) is 0 Å². The van der Waals surface area contributed by atoms with Gasteiger partial charge in [0.05, 0.1) is 6.54 Å². The van der Waals surface area contributed by atoms with Crippen molar-refractivity contribution in [1.29, 1.82) is 0 Å². The molecule has 98 valence electrons. The lowest BCUT2D eigenvalue weighted by Gasteiger charge is -2.07. The zero-order valence-corrected chi connectivity index (χ0v) is 12.6. The number of ketones is 1. The standard InChI is InChI=1S/C15H13FINO/c1-10-5-6-11(7-14(10)16)15(19)9-18-13-4-2-3-12(17)8-13/h2-8,18H,9H2,1H3. The summed E-state index contributed by atoms with van der Waals surface area (Å²) in [5, 5.41) is 3.04. The number of hydrogen-bond acceptors (Lipinski definition) is 2. The summed E-state index contributed by atoms with van der Waals surface area (Å²) in [4.78, 5) is 11.9. The summed E-state index contributed by atoms with van der Waals surface area (Å²) in [5.74, 6) is -0.474. The summed E-state index contributed by atoms with van der Waals surface area (Å²) in [6.45, 7) is 1.83. The average Bonchev–Trinajstić information content (AvgIpc) is 2.39. The van der Waals surface area contributed by atoms with Crippen molar-refractivity contribution >= 4 is 34.1 Å². The number of rotatable bonds is 4. The van der Waals surface area contributed by atoms with E-state index in [9.17, 15) is 9.18 Å². The molecule has 2 nitrogen and oxygen atoms in total. The van der Waals surface area contributed by atoms with E-state index in [1.54, 1.807) is 19.1 Å². The van der Waals surface area contributed by atoms with Crippen molar-refractivity contribution in [1.82, 2.24) is 0 Å². The largest absolute Gasteiger partial charge is 0.378 e. The number of carbonyl (C=O) groups excluding carboxylic acids is 1. The van der Waals surface area contributed by atoms with Crippen LogP contribution in [0.3, 0.4) is 0 Å². The van der Waals surface area contributed by atoms with Crippen LogP contribution in [0.15, 0.2) is 42.5 Å². The summed E-state index contributed by atoms with van der Waals surface area (Å²) in [6.07, 6.45) is 0. The van der Waals surface area contributed by atoms with Crippen molar-refractivity contribution in [3.8, 4) is 0 Å². The number of anilines is 1. The number of hydrogen-bond donors (Lipinski definition) is 1. The Morgan fingerprint density at radius 3 is 2.74 bits per heavy atom. The van der Waals surface area contributed by atoms with Gasteiger partial charge in [0.15, 0.2) is 5.78 Å². The van der Waals surface area contributed by atoms with Crippen molar-refractivity contribution in [2.24, 2.45) is 0 Å². The Labute approximate surface area is 125 Å². The summed E-state index contributed by atoms with van der Waals surface area (Å²) >= 11 is 2.21. The van der Waals surface area contributed by atoms with Gasteiger partial charge in [0.2, 0.25) is 0 Å². The van der Waals surface area contributed by atoms with Crippen LogP contribution in [-0.4, -0.2) is 12.3 Å². The van der Waals surface area contributed by atoms with Gasteiger partial charge in [-0.1, -0.05) is 18.2 Å². The Kier molecular flexibility index (Phi) is 4.52. The molecule has 0 fully saturated rings. The van der Waals surface area contributed by atoms with Gasteiger partial charge in [0.1, 0.15) is 5.82 Å². The van der Waals surface area contributed by atoms with Crippen LogP contribution in [0.5, 0.6) is 0 Å². The SMILES string of the molecule is Cc1ccc(C(=O)CNc2cccc(I)c2)cc1F. The minimum absolute atomic E-state index is 0.127. The van der Waals surface area contributed by atoms with Gasteiger partial charge >= 0.3 is 0 Å². The Morgan fingerprint density at radius 1 is 1.26 bits per heavy atom. The summed E-state index contributed by atoms with van der Waals surface area (Å²) in [7, 11) is 0. The Hall–Kier alpha value is -1.43. The van der Waals surface area contributed by atoms with E-state index < -0.39 is 0 Å². The first-order valence-electron chi connectivity index (χ1n) is 5.85. The van der Waals surface area contributed by atoms with Crippen LogP contribution in [0.25, 0.3) is 0 Å². The molecule has 2 aromatic rings. The van der Waals surface area contributed by atoms with E-state index in [1.165, 1.54) is 6.07 Å². The number of carbonyl (C=O) groups is 1. The molecule has 0 aliphatic heterocycles. The van der Waals surface area contributed by atoms with E-state index in [1.807, 2.05) is 24.3 Å². The number of aryl methyl sites for hydroxylation is 1. The molecule has 0 spiro atoms. The van der Waals surface area contributed by atoms with Crippen molar-refractivity contribution in [3.63, 3.8) is 0 Å². The van der Waals surface area contributed by atoms with E-state index in [0.29, 0.717) is 11.1 Å². The smallest absolute Gasteiger partial charge is 0.181 e. The lowest BCUT2D eigenvalue weighted by molar-refractivity contribution is 0.101. The number of halogens is 2. The predicted molar refractivity (Wildman–Crippen MR) is 83.1 cm³/mol. The molecule has 0 aromatic heterocycles. The summed E-state index contributed by atoms with van der Waals surface area (Å²) < 4.78 is 14.5. The molecule has 0 amide bonds. The second-order valence-corrected chi connectivity index (χ2v) is 5.50. The van der Waals surface area contributed by atoms with Crippen LogP contribution in [0, 0.1) is 16.3 Å². The highest BCUT2D eigenvalue weighted by molar-refractivity contribution is 14.1. The molecule has 2 aromatic carbocycles. The summed E-state index contributed by atoms with van der Waals surface area (Å²) in [6, 6.07) is 12.3. The number of Topliss-reactive ketones (excluding diaryl/α,β-unsaturated/α-hetero) is 1. The van der Waals surface area contributed by atoms with Gasteiger partial charge in [-0.3, -0.25) is 4.79 Å². The van der Waals surface area contributed by atoms with E-state index in [-0.39, 0.29) is 18.1 Å². The molecular formula is C15H13FINO. The first kappa shape index (κ1) is 14.0. The Bertz CT molecular complexity index is 613. The maximum Gasteiger partial charge on any atom is 0.181 e. The third-order valence-corrected chi connectivity index (χ3v) is 3.44. The minimum atomic E-state index is -0.347. The fourth-order valence-electron chi connectivity index (χ4n) is 1.65.